The molecule has 0 heterocycles. The van der Waals surface area contributed by atoms with E-state index >= 15 is 0 Å². The first-order chi connectivity index (χ1) is 6.25. The Kier molecular flexibility index (Phi) is 3.12. The molecule has 0 radical (unpaired) electrons. The smallest absolute Gasteiger partial charge is 0.184 e. The van der Waals surface area contributed by atoms with Gasteiger partial charge in [0.05, 0.1) is 9.50 Å². The highest BCUT2D eigenvalue weighted by Gasteiger charge is 2.23. The summed E-state index contributed by atoms with van der Waals surface area (Å²) in [6.07, 6.45) is 0. The van der Waals surface area contributed by atoms with Crippen molar-refractivity contribution in [3.05, 3.63) is 26.9 Å². The fraction of sp³-hybridized carbons (Fsp3) is 0.400. The van der Waals surface area contributed by atoms with Gasteiger partial charge in [-0.05, 0) is 33.0 Å². The Bertz CT molecular complexity index is 371. The number of phenols is 1. The number of hydrogen-bond donors (Lipinski definition) is 1. The topological polar surface area (TPSA) is 20.2 Å². The van der Waals surface area contributed by atoms with Crippen LogP contribution in [0.4, 0.5) is 4.39 Å². The van der Waals surface area contributed by atoms with E-state index in [1.54, 1.807) is 6.07 Å². The molecule has 0 aliphatic carbocycles. The van der Waals surface area contributed by atoms with Crippen molar-refractivity contribution in [2.45, 2.75) is 26.2 Å². The average Bonchev–Trinajstić information content (AvgIpc) is 2.06. The molecule has 0 amide bonds. The standard InChI is InChI=1S/C10H11BrClFO/c1-10(2,3)5-4-6(11)9(14)8(13)7(5)12/h4,14H,1-3H3. The first-order valence-corrected chi connectivity index (χ1v) is 5.29. The van der Waals surface area contributed by atoms with Gasteiger partial charge >= 0.3 is 0 Å². The van der Waals surface area contributed by atoms with E-state index in [0.29, 0.717) is 10.0 Å². The van der Waals surface area contributed by atoms with E-state index in [2.05, 4.69) is 15.9 Å². The maximum absolute atomic E-state index is 13.4. The van der Waals surface area contributed by atoms with Crippen LogP contribution in [0.2, 0.25) is 5.02 Å². The minimum atomic E-state index is -0.772. The quantitative estimate of drug-likeness (QED) is 0.705. The zero-order valence-corrected chi connectivity index (χ0v) is 10.5. The van der Waals surface area contributed by atoms with Crippen LogP contribution in [0.3, 0.4) is 0 Å². The third-order valence-electron chi connectivity index (χ3n) is 1.94. The van der Waals surface area contributed by atoms with Gasteiger partial charge in [0.2, 0.25) is 0 Å². The Morgan fingerprint density at radius 1 is 1.43 bits per heavy atom. The summed E-state index contributed by atoms with van der Waals surface area (Å²) in [6, 6.07) is 1.64. The molecule has 1 nitrogen and oxygen atoms in total. The van der Waals surface area contributed by atoms with Gasteiger partial charge in [0.1, 0.15) is 0 Å². The fourth-order valence-electron chi connectivity index (χ4n) is 1.13. The lowest BCUT2D eigenvalue weighted by Gasteiger charge is -2.21. The van der Waals surface area contributed by atoms with Crippen molar-refractivity contribution in [3.8, 4) is 5.75 Å². The van der Waals surface area contributed by atoms with Crippen molar-refractivity contribution < 1.29 is 9.50 Å². The number of rotatable bonds is 0. The largest absolute Gasteiger partial charge is 0.504 e. The van der Waals surface area contributed by atoms with Crippen LogP contribution < -0.4 is 0 Å². The molecule has 0 fully saturated rings. The summed E-state index contributed by atoms with van der Waals surface area (Å²) >= 11 is 8.87. The van der Waals surface area contributed by atoms with Gasteiger partial charge in [-0.3, -0.25) is 0 Å². The van der Waals surface area contributed by atoms with E-state index in [9.17, 15) is 9.50 Å². The SMILES string of the molecule is CC(C)(C)c1cc(Br)c(O)c(F)c1Cl. The first kappa shape index (κ1) is 11.8. The van der Waals surface area contributed by atoms with Gasteiger partial charge in [-0.25, -0.2) is 4.39 Å². The van der Waals surface area contributed by atoms with Crippen LogP contribution in [-0.4, -0.2) is 5.11 Å². The number of halogens is 3. The maximum atomic E-state index is 13.4. The molecular formula is C10H11BrClFO. The minimum absolute atomic E-state index is 0.0156. The first-order valence-electron chi connectivity index (χ1n) is 4.12. The van der Waals surface area contributed by atoms with Crippen LogP contribution in [0, 0.1) is 5.82 Å². The maximum Gasteiger partial charge on any atom is 0.184 e. The molecule has 1 aromatic rings. The summed E-state index contributed by atoms with van der Waals surface area (Å²) < 4.78 is 13.7. The van der Waals surface area contributed by atoms with Crippen LogP contribution in [0.1, 0.15) is 26.3 Å². The van der Waals surface area contributed by atoms with E-state index in [4.69, 9.17) is 11.6 Å². The van der Waals surface area contributed by atoms with Crippen molar-refractivity contribution in [2.75, 3.05) is 0 Å². The third-order valence-corrected chi connectivity index (χ3v) is 2.92. The average molecular weight is 282 g/mol. The Hall–Kier alpha value is -0.280. The Labute approximate surface area is 96.0 Å². The zero-order valence-electron chi connectivity index (χ0n) is 8.16. The summed E-state index contributed by atoms with van der Waals surface area (Å²) in [4.78, 5) is 0. The highest BCUT2D eigenvalue weighted by molar-refractivity contribution is 9.10. The van der Waals surface area contributed by atoms with E-state index in [0.717, 1.165) is 0 Å². The summed E-state index contributed by atoms with van der Waals surface area (Å²) in [7, 11) is 0. The monoisotopic (exact) mass is 280 g/mol. The molecule has 0 spiro atoms. The molecule has 1 rings (SSSR count). The molecule has 0 aromatic heterocycles. The molecule has 14 heavy (non-hydrogen) atoms. The van der Waals surface area contributed by atoms with Crippen molar-refractivity contribution in [1.29, 1.82) is 0 Å². The van der Waals surface area contributed by atoms with Gasteiger partial charge in [0.25, 0.3) is 0 Å². The summed E-state index contributed by atoms with van der Waals surface area (Å²) in [6.45, 7) is 5.78. The Balaban J connectivity index is 3.49. The predicted octanol–water partition coefficient (Wildman–Crippen LogP) is 4.24. The van der Waals surface area contributed by atoms with Crippen LogP contribution >= 0.6 is 27.5 Å². The van der Waals surface area contributed by atoms with E-state index in [1.807, 2.05) is 20.8 Å². The molecular weight excluding hydrogens is 270 g/mol. The summed E-state index contributed by atoms with van der Waals surface area (Å²) in [5, 5.41) is 9.26. The van der Waals surface area contributed by atoms with E-state index < -0.39 is 11.6 Å². The number of phenolic OH excluding ortho intramolecular Hbond substituents is 1. The van der Waals surface area contributed by atoms with Crippen LogP contribution in [0.5, 0.6) is 5.75 Å². The van der Waals surface area contributed by atoms with Crippen LogP contribution in [0.25, 0.3) is 0 Å². The van der Waals surface area contributed by atoms with Crippen molar-refractivity contribution in [2.24, 2.45) is 0 Å². The van der Waals surface area contributed by atoms with Gasteiger partial charge in [-0.15, -0.1) is 0 Å². The molecule has 1 N–H and O–H groups in total. The van der Waals surface area contributed by atoms with Gasteiger partial charge in [-0.1, -0.05) is 32.4 Å². The van der Waals surface area contributed by atoms with Crippen molar-refractivity contribution >= 4 is 27.5 Å². The fourth-order valence-corrected chi connectivity index (χ4v) is 1.96. The lowest BCUT2D eigenvalue weighted by molar-refractivity contribution is 0.426. The third kappa shape index (κ3) is 2.04. The molecule has 4 heteroatoms. The molecule has 0 saturated heterocycles. The highest BCUT2D eigenvalue weighted by atomic mass is 79.9. The number of benzene rings is 1. The molecule has 0 aliphatic heterocycles. The lowest BCUT2D eigenvalue weighted by Crippen LogP contribution is -2.12. The second-order valence-electron chi connectivity index (χ2n) is 4.13. The van der Waals surface area contributed by atoms with Gasteiger partial charge in [0, 0.05) is 0 Å². The van der Waals surface area contributed by atoms with Gasteiger partial charge in [0.15, 0.2) is 11.6 Å². The predicted molar refractivity (Wildman–Crippen MR) is 59.5 cm³/mol. The Morgan fingerprint density at radius 3 is 2.36 bits per heavy atom. The summed E-state index contributed by atoms with van der Waals surface area (Å²) in [5.74, 6) is -1.21. The highest BCUT2D eigenvalue weighted by Crippen LogP contribution is 2.39. The normalized spacial score (nSPS) is 11.9. The molecule has 78 valence electrons. The van der Waals surface area contributed by atoms with Gasteiger partial charge < -0.3 is 5.11 Å². The van der Waals surface area contributed by atoms with Gasteiger partial charge in [-0.2, -0.15) is 0 Å². The molecule has 0 saturated carbocycles. The molecule has 0 unspecified atom stereocenters. The Morgan fingerprint density at radius 2 is 1.93 bits per heavy atom. The molecule has 0 atom stereocenters. The lowest BCUT2D eigenvalue weighted by atomic mass is 9.87. The molecule has 1 aromatic carbocycles. The second kappa shape index (κ2) is 3.70. The van der Waals surface area contributed by atoms with E-state index in [1.165, 1.54) is 0 Å². The van der Waals surface area contributed by atoms with Crippen LogP contribution in [0.15, 0.2) is 10.5 Å². The van der Waals surface area contributed by atoms with Crippen LogP contribution in [-0.2, 0) is 5.41 Å². The minimum Gasteiger partial charge on any atom is -0.504 e. The second-order valence-corrected chi connectivity index (χ2v) is 5.36. The van der Waals surface area contributed by atoms with Crippen molar-refractivity contribution in [3.63, 3.8) is 0 Å². The molecule has 0 aliphatic rings. The van der Waals surface area contributed by atoms with E-state index in [-0.39, 0.29) is 10.4 Å². The zero-order chi connectivity index (χ0) is 11.1. The molecule has 0 bridgehead atoms. The number of hydrogen-bond acceptors (Lipinski definition) is 1. The number of aromatic hydroxyl groups is 1. The van der Waals surface area contributed by atoms with Crippen molar-refractivity contribution in [1.82, 2.24) is 0 Å². The summed E-state index contributed by atoms with van der Waals surface area (Å²) in [5.41, 5.74) is 0.412.